The van der Waals surface area contributed by atoms with E-state index in [0.717, 1.165) is 6.42 Å². The first-order valence-electron chi connectivity index (χ1n) is 4.53. The van der Waals surface area contributed by atoms with Crippen molar-refractivity contribution < 1.29 is 19.4 Å². The third kappa shape index (κ3) is 3.74. The SMILES string of the molecule is CC1(C)OC[C@@H](CCCC(=O)O)O1. The molecule has 4 heteroatoms. The van der Waals surface area contributed by atoms with Gasteiger partial charge in [-0.05, 0) is 26.7 Å². The zero-order chi connectivity index (χ0) is 9.90. The van der Waals surface area contributed by atoms with Crippen LogP contribution in [0.4, 0.5) is 0 Å². The topological polar surface area (TPSA) is 55.8 Å². The smallest absolute Gasteiger partial charge is 0.303 e. The van der Waals surface area contributed by atoms with Crippen molar-refractivity contribution in [1.82, 2.24) is 0 Å². The molecular formula is C9H16O4. The van der Waals surface area contributed by atoms with Gasteiger partial charge in [-0.3, -0.25) is 4.79 Å². The number of carboxylic acids is 1. The standard InChI is InChI=1S/C9H16O4/c1-9(2)12-6-7(13-9)4-3-5-8(10)11/h7H,3-6H2,1-2H3,(H,10,11)/t7-/m1/s1. The predicted molar refractivity (Wildman–Crippen MR) is 46.4 cm³/mol. The van der Waals surface area contributed by atoms with Crippen LogP contribution in [0.5, 0.6) is 0 Å². The van der Waals surface area contributed by atoms with E-state index in [2.05, 4.69) is 0 Å². The minimum Gasteiger partial charge on any atom is -0.481 e. The number of ether oxygens (including phenoxy) is 2. The van der Waals surface area contributed by atoms with Gasteiger partial charge in [0, 0.05) is 6.42 Å². The van der Waals surface area contributed by atoms with E-state index in [9.17, 15) is 4.79 Å². The second-order valence-electron chi connectivity index (χ2n) is 3.74. The van der Waals surface area contributed by atoms with Crippen LogP contribution in [0.2, 0.25) is 0 Å². The maximum Gasteiger partial charge on any atom is 0.303 e. The van der Waals surface area contributed by atoms with Crippen molar-refractivity contribution in [3.05, 3.63) is 0 Å². The molecule has 0 radical (unpaired) electrons. The lowest BCUT2D eigenvalue weighted by Crippen LogP contribution is -2.21. The van der Waals surface area contributed by atoms with Crippen LogP contribution in [-0.2, 0) is 14.3 Å². The summed E-state index contributed by atoms with van der Waals surface area (Å²) in [7, 11) is 0. The van der Waals surface area contributed by atoms with Gasteiger partial charge in [-0.25, -0.2) is 0 Å². The highest BCUT2D eigenvalue weighted by molar-refractivity contribution is 5.66. The van der Waals surface area contributed by atoms with Crippen LogP contribution in [0.15, 0.2) is 0 Å². The molecule has 0 aliphatic carbocycles. The summed E-state index contributed by atoms with van der Waals surface area (Å²) in [5, 5.41) is 8.42. The van der Waals surface area contributed by atoms with E-state index in [1.165, 1.54) is 0 Å². The average molecular weight is 188 g/mol. The summed E-state index contributed by atoms with van der Waals surface area (Å²) in [5.74, 6) is -1.24. The molecule has 76 valence electrons. The monoisotopic (exact) mass is 188 g/mol. The molecule has 0 amide bonds. The summed E-state index contributed by atoms with van der Waals surface area (Å²) in [5.41, 5.74) is 0. The summed E-state index contributed by atoms with van der Waals surface area (Å²) in [4.78, 5) is 10.2. The Kier molecular flexibility index (Phi) is 3.27. The first kappa shape index (κ1) is 10.5. The van der Waals surface area contributed by atoms with Crippen molar-refractivity contribution in [2.75, 3.05) is 6.61 Å². The fourth-order valence-corrected chi connectivity index (χ4v) is 1.39. The van der Waals surface area contributed by atoms with Crippen LogP contribution in [-0.4, -0.2) is 29.6 Å². The number of aliphatic carboxylic acids is 1. The van der Waals surface area contributed by atoms with Gasteiger partial charge in [0.15, 0.2) is 5.79 Å². The van der Waals surface area contributed by atoms with Gasteiger partial charge in [-0.1, -0.05) is 0 Å². The van der Waals surface area contributed by atoms with Crippen LogP contribution >= 0.6 is 0 Å². The van der Waals surface area contributed by atoms with Crippen LogP contribution in [0.25, 0.3) is 0 Å². The van der Waals surface area contributed by atoms with Crippen molar-refractivity contribution in [2.45, 2.75) is 45.0 Å². The van der Waals surface area contributed by atoms with E-state index in [1.54, 1.807) is 0 Å². The first-order valence-corrected chi connectivity index (χ1v) is 4.53. The predicted octanol–water partition coefficient (Wildman–Crippen LogP) is 1.39. The Morgan fingerprint density at radius 3 is 2.77 bits per heavy atom. The van der Waals surface area contributed by atoms with Crippen molar-refractivity contribution in [1.29, 1.82) is 0 Å². The van der Waals surface area contributed by atoms with E-state index in [1.807, 2.05) is 13.8 Å². The molecule has 0 aromatic carbocycles. The maximum absolute atomic E-state index is 10.2. The van der Waals surface area contributed by atoms with Crippen LogP contribution < -0.4 is 0 Å². The largest absolute Gasteiger partial charge is 0.481 e. The minimum atomic E-state index is -0.752. The van der Waals surface area contributed by atoms with E-state index < -0.39 is 11.8 Å². The molecule has 1 N–H and O–H groups in total. The summed E-state index contributed by atoms with van der Waals surface area (Å²) < 4.78 is 10.9. The molecule has 4 nitrogen and oxygen atoms in total. The van der Waals surface area contributed by atoms with Gasteiger partial charge >= 0.3 is 5.97 Å². The zero-order valence-electron chi connectivity index (χ0n) is 8.08. The fourth-order valence-electron chi connectivity index (χ4n) is 1.39. The Morgan fingerprint density at radius 2 is 2.31 bits per heavy atom. The molecule has 0 spiro atoms. The molecule has 1 aliphatic heterocycles. The third-order valence-corrected chi connectivity index (χ3v) is 1.98. The van der Waals surface area contributed by atoms with Gasteiger partial charge in [-0.2, -0.15) is 0 Å². The molecule has 0 unspecified atom stereocenters. The van der Waals surface area contributed by atoms with Gasteiger partial charge in [-0.15, -0.1) is 0 Å². The first-order chi connectivity index (χ1) is 5.99. The van der Waals surface area contributed by atoms with Crippen molar-refractivity contribution >= 4 is 5.97 Å². The number of carbonyl (C=O) groups is 1. The van der Waals surface area contributed by atoms with Crippen molar-refractivity contribution in [3.63, 3.8) is 0 Å². The Bertz CT molecular complexity index is 188. The second-order valence-corrected chi connectivity index (χ2v) is 3.74. The van der Waals surface area contributed by atoms with Crippen LogP contribution in [0.3, 0.4) is 0 Å². The molecule has 1 rings (SSSR count). The normalized spacial score (nSPS) is 26.2. The molecule has 0 saturated carbocycles. The number of hydrogen-bond acceptors (Lipinski definition) is 3. The lowest BCUT2D eigenvalue weighted by atomic mass is 10.1. The van der Waals surface area contributed by atoms with E-state index in [-0.39, 0.29) is 12.5 Å². The second kappa shape index (κ2) is 4.07. The fraction of sp³-hybridized carbons (Fsp3) is 0.889. The molecular weight excluding hydrogens is 172 g/mol. The quantitative estimate of drug-likeness (QED) is 0.724. The minimum absolute atomic E-state index is 0.0642. The Labute approximate surface area is 77.8 Å². The molecule has 0 bridgehead atoms. The summed E-state index contributed by atoms with van der Waals surface area (Å²) in [6.07, 6.45) is 1.68. The van der Waals surface area contributed by atoms with Gasteiger partial charge in [0.25, 0.3) is 0 Å². The molecule has 13 heavy (non-hydrogen) atoms. The summed E-state index contributed by atoms with van der Waals surface area (Å²) in [6.45, 7) is 4.31. The van der Waals surface area contributed by atoms with Crippen molar-refractivity contribution in [2.24, 2.45) is 0 Å². The highest BCUT2D eigenvalue weighted by Gasteiger charge is 2.32. The summed E-state index contributed by atoms with van der Waals surface area (Å²) >= 11 is 0. The van der Waals surface area contributed by atoms with E-state index in [4.69, 9.17) is 14.6 Å². The maximum atomic E-state index is 10.2. The molecule has 0 aromatic rings. The Morgan fingerprint density at radius 1 is 1.62 bits per heavy atom. The number of rotatable bonds is 4. The highest BCUT2D eigenvalue weighted by Crippen LogP contribution is 2.24. The lowest BCUT2D eigenvalue weighted by Gasteiger charge is -2.16. The highest BCUT2D eigenvalue weighted by atomic mass is 16.7. The van der Waals surface area contributed by atoms with Gasteiger partial charge in [0.1, 0.15) is 0 Å². The van der Waals surface area contributed by atoms with Gasteiger partial charge < -0.3 is 14.6 Å². The molecule has 1 atom stereocenters. The number of hydrogen-bond donors (Lipinski definition) is 1. The molecule has 0 aromatic heterocycles. The molecule has 1 aliphatic rings. The molecule has 1 fully saturated rings. The van der Waals surface area contributed by atoms with Crippen LogP contribution in [0.1, 0.15) is 33.1 Å². The Balaban J connectivity index is 2.14. The van der Waals surface area contributed by atoms with E-state index >= 15 is 0 Å². The molecule has 1 heterocycles. The summed E-state index contributed by atoms with van der Waals surface area (Å²) in [6, 6.07) is 0. The van der Waals surface area contributed by atoms with Crippen molar-refractivity contribution in [3.8, 4) is 0 Å². The third-order valence-electron chi connectivity index (χ3n) is 1.98. The van der Waals surface area contributed by atoms with Crippen LogP contribution in [0, 0.1) is 0 Å². The van der Waals surface area contributed by atoms with Gasteiger partial charge in [0.05, 0.1) is 12.7 Å². The number of carboxylic acid groups (broad SMARTS) is 1. The van der Waals surface area contributed by atoms with Gasteiger partial charge in [0.2, 0.25) is 0 Å². The molecule has 1 saturated heterocycles. The Hall–Kier alpha value is -0.610. The zero-order valence-corrected chi connectivity index (χ0v) is 8.08. The lowest BCUT2D eigenvalue weighted by molar-refractivity contribution is -0.140. The average Bonchev–Trinajstić information content (AvgIpc) is 2.29. The van der Waals surface area contributed by atoms with E-state index in [0.29, 0.717) is 13.0 Å².